The van der Waals surface area contributed by atoms with E-state index in [1.165, 1.54) is 57.8 Å². The molecule has 6 rings (SSSR count). The predicted octanol–water partition coefficient (Wildman–Crippen LogP) is 6.19. The van der Waals surface area contributed by atoms with Gasteiger partial charge in [0.2, 0.25) is 5.91 Å². The van der Waals surface area contributed by atoms with Crippen LogP contribution in [0.25, 0.3) is 0 Å². The number of carbonyl (C=O) groups excluding carboxylic acids is 1. The van der Waals surface area contributed by atoms with E-state index in [0.717, 1.165) is 61.0 Å². The van der Waals surface area contributed by atoms with Gasteiger partial charge in [-0.3, -0.25) is 4.79 Å². The first-order valence-electron chi connectivity index (χ1n) is 11.7. The maximum Gasteiger partial charge on any atom is 0.230 e. The van der Waals surface area contributed by atoms with E-state index in [0.29, 0.717) is 0 Å². The number of nitrogens with one attached hydrogen (secondary N) is 1. The topological polar surface area (TPSA) is 38.3 Å². The molecule has 1 aromatic carbocycles. The zero-order valence-corrected chi connectivity index (χ0v) is 17.1. The van der Waals surface area contributed by atoms with Crippen LogP contribution < -0.4 is 10.1 Å². The summed E-state index contributed by atoms with van der Waals surface area (Å²) in [6.45, 7) is 0.809. The molecule has 4 bridgehead atoms. The van der Waals surface area contributed by atoms with Crippen LogP contribution in [0, 0.1) is 29.1 Å². The summed E-state index contributed by atoms with van der Waals surface area (Å²) in [5, 5.41) is 3.24. The number of rotatable bonds is 6. The van der Waals surface area contributed by atoms with Crippen LogP contribution >= 0.6 is 0 Å². The molecule has 3 heteroatoms. The van der Waals surface area contributed by atoms with Crippen molar-refractivity contribution in [2.24, 2.45) is 29.1 Å². The number of hydrogen-bond donors (Lipinski definition) is 1. The number of amides is 1. The molecule has 3 nitrogen and oxygen atoms in total. The smallest absolute Gasteiger partial charge is 0.230 e. The van der Waals surface area contributed by atoms with Crippen molar-refractivity contribution in [1.29, 1.82) is 0 Å². The minimum absolute atomic E-state index is 0.0794. The minimum Gasteiger partial charge on any atom is -0.494 e. The normalized spacial score (nSPS) is 34.4. The summed E-state index contributed by atoms with van der Waals surface area (Å²) in [7, 11) is 0. The van der Waals surface area contributed by atoms with E-state index in [1.54, 1.807) is 0 Å². The molecule has 5 aliphatic rings. The average Bonchev–Trinajstić information content (AvgIpc) is 2.69. The molecule has 0 atom stereocenters. The molecule has 5 fully saturated rings. The van der Waals surface area contributed by atoms with E-state index in [-0.39, 0.29) is 11.3 Å². The molecule has 5 saturated carbocycles. The van der Waals surface area contributed by atoms with Crippen LogP contribution in [-0.4, -0.2) is 12.5 Å². The van der Waals surface area contributed by atoms with Crippen molar-refractivity contribution in [3.63, 3.8) is 0 Å². The van der Waals surface area contributed by atoms with Gasteiger partial charge < -0.3 is 10.1 Å². The van der Waals surface area contributed by atoms with Crippen molar-refractivity contribution in [2.45, 2.75) is 77.0 Å². The van der Waals surface area contributed by atoms with Gasteiger partial charge in [0, 0.05) is 5.69 Å². The fourth-order valence-corrected chi connectivity index (χ4v) is 7.11. The molecule has 0 aromatic heterocycles. The van der Waals surface area contributed by atoms with Gasteiger partial charge in [-0.05, 0) is 92.9 Å². The van der Waals surface area contributed by atoms with Gasteiger partial charge in [-0.1, -0.05) is 32.1 Å². The number of anilines is 1. The Hall–Kier alpha value is -1.51. The molecule has 5 aliphatic carbocycles. The zero-order valence-electron chi connectivity index (χ0n) is 17.1. The van der Waals surface area contributed by atoms with Gasteiger partial charge in [-0.2, -0.15) is 0 Å². The van der Waals surface area contributed by atoms with Crippen molar-refractivity contribution in [3.05, 3.63) is 24.3 Å². The number of ether oxygens (including phenoxy) is 1. The lowest BCUT2D eigenvalue weighted by molar-refractivity contribution is -0.140. The highest BCUT2D eigenvalue weighted by Gasteiger charge is 2.54. The third-order valence-corrected chi connectivity index (χ3v) is 8.15. The second-order valence-corrected chi connectivity index (χ2v) is 10.3. The number of hydrogen-bond acceptors (Lipinski definition) is 2. The summed E-state index contributed by atoms with van der Waals surface area (Å²) in [5.74, 6) is 4.46. The van der Waals surface area contributed by atoms with Gasteiger partial charge in [0.05, 0.1) is 12.0 Å². The third kappa shape index (κ3) is 3.82. The fraction of sp³-hybridized carbons (Fsp3) is 0.720. The second-order valence-electron chi connectivity index (χ2n) is 10.3. The second kappa shape index (κ2) is 7.72. The van der Waals surface area contributed by atoms with Gasteiger partial charge in [-0.25, -0.2) is 0 Å². The van der Waals surface area contributed by atoms with Crippen molar-refractivity contribution >= 4 is 11.6 Å². The molecule has 1 amide bonds. The summed E-state index contributed by atoms with van der Waals surface area (Å²) in [4.78, 5) is 13.2. The highest BCUT2D eigenvalue weighted by Crippen LogP contribution is 2.60. The molecular weight excluding hydrogens is 346 g/mol. The highest BCUT2D eigenvalue weighted by molar-refractivity contribution is 5.95. The van der Waals surface area contributed by atoms with Crippen LogP contribution in [0.1, 0.15) is 77.0 Å². The summed E-state index contributed by atoms with van der Waals surface area (Å²) < 4.78 is 5.96. The number of carbonyl (C=O) groups is 1. The Kier molecular flexibility index (Phi) is 5.11. The molecule has 28 heavy (non-hydrogen) atoms. The predicted molar refractivity (Wildman–Crippen MR) is 112 cm³/mol. The lowest BCUT2D eigenvalue weighted by atomic mass is 9.49. The summed E-state index contributed by atoms with van der Waals surface area (Å²) >= 11 is 0. The van der Waals surface area contributed by atoms with Crippen molar-refractivity contribution in [2.75, 3.05) is 11.9 Å². The van der Waals surface area contributed by atoms with Crippen LogP contribution in [0.2, 0.25) is 0 Å². The largest absolute Gasteiger partial charge is 0.494 e. The molecular formula is C25H35NO2. The first-order chi connectivity index (χ1) is 13.7. The SMILES string of the molecule is O=C(Nc1ccc(OCCC2CCCCC2)cc1)C12CC3CC(CC(C3)C1)C2. The maximum absolute atomic E-state index is 13.2. The zero-order chi connectivity index (χ0) is 19.0. The van der Waals surface area contributed by atoms with Gasteiger partial charge in [0.1, 0.15) is 5.75 Å². The molecule has 0 radical (unpaired) electrons. The Labute approximate surface area is 169 Å². The van der Waals surface area contributed by atoms with Crippen LogP contribution in [0.4, 0.5) is 5.69 Å². The maximum atomic E-state index is 13.2. The molecule has 0 unspecified atom stereocenters. The van der Waals surface area contributed by atoms with Gasteiger partial charge in [0.25, 0.3) is 0 Å². The van der Waals surface area contributed by atoms with Gasteiger partial charge in [0.15, 0.2) is 0 Å². The van der Waals surface area contributed by atoms with E-state index in [1.807, 2.05) is 24.3 Å². The highest BCUT2D eigenvalue weighted by atomic mass is 16.5. The van der Waals surface area contributed by atoms with Crippen molar-refractivity contribution in [1.82, 2.24) is 0 Å². The van der Waals surface area contributed by atoms with E-state index in [9.17, 15) is 4.79 Å². The van der Waals surface area contributed by atoms with E-state index in [4.69, 9.17) is 4.74 Å². The Morgan fingerprint density at radius 2 is 1.54 bits per heavy atom. The molecule has 0 aliphatic heterocycles. The van der Waals surface area contributed by atoms with Gasteiger partial charge >= 0.3 is 0 Å². The first kappa shape index (κ1) is 18.5. The van der Waals surface area contributed by atoms with Crippen molar-refractivity contribution < 1.29 is 9.53 Å². The molecule has 0 spiro atoms. The average molecular weight is 382 g/mol. The third-order valence-electron chi connectivity index (χ3n) is 8.15. The molecule has 152 valence electrons. The van der Waals surface area contributed by atoms with Crippen LogP contribution in [-0.2, 0) is 4.79 Å². The van der Waals surface area contributed by atoms with E-state index in [2.05, 4.69) is 5.32 Å². The quantitative estimate of drug-likeness (QED) is 0.638. The molecule has 0 heterocycles. The van der Waals surface area contributed by atoms with Gasteiger partial charge in [-0.15, -0.1) is 0 Å². The van der Waals surface area contributed by atoms with Crippen LogP contribution in [0.3, 0.4) is 0 Å². The van der Waals surface area contributed by atoms with E-state index >= 15 is 0 Å². The number of benzene rings is 1. The van der Waals surface area contributed by atoms with Crippen LogP contribution in [0.5, 0.6) is 5.75 Å². The Bertz CT molecular complexity index is 654. The first-order valence-corrected chi connectivity index (χ1v) is 11.7. The monoisotopic (exact) mass is 381 g/mol. The Balaban J connectivity index is 1.14. The van der Waals surface area contributed by atoms with Crippen molar-refractivity contribution in [3.8, 4) is 5.75 Å². The van der Waals surface area contributed by atoms with Crippen LogP contribution in [0.15, 0.2) is 24.3 Å². The molecule has 0 saturated heterocycles. The minimum atomic E-state index is -0.0794. The summed E-state index contributed by atoms with van der Waals surface area (Å²) in [6.07, 6.45) is 15.6. The fourth-order valence-electron chi connectivity index (χ4n) is 7.11. The lowest BCUT2D eigenvalue weighted by Crippen LogP contribution is -2.51. The Morgan fingerprint density at radius 1 is 0.929 bits per heavy atom. The van der Waals surface area contributed by atoms with E-state index < -0.39 is 0 Å². The molecule has 1 aromatic rings. The summed E-state index contributed by atoms with van der Waals surface area (Å²) in [6, 6.07) is 8.04. The summed E-state index contributed by atoms with van der Waals surface area (Å²) in [5.41, 5.74) is 0.838. The lowest BCUT2D eigenvalue weighted by Gasteiger charge is -2.55. The Morgan fingerprint density at radius 3 is 2.14 bits per heavy atom. The standard InChI is InChI=1S/C25H35NO2/c27-24(25-15-19-12-20(16-25)14-21(13-19)17-25)26-22-6-8-23(9-7-22)28-11-10-18-4-2-1-3-5-18/h6-9,18-21H,1-5,10-17H2,(H,26,27). The molecule has 1 N–H and O–H groups in total.